The molecule has 1 heterocycles. The maximum atomic E-state index is 13.3. The van der Waals surface area contributed by atoms with Gasteiger partial charge in [0.05, 0.1) is 5.41 Å². The van der Waals surface area contributed by atoms with E-state index >= 15 is 0 Å². The minimum absolute atomic E-state index is 0.00564. The van der Waals surface area contributed by atoms with Crippen molar-refractivity contribution in [3.8, 4) is 11.1 Å². The molecule has 3 rings (SSSR count). The SMILES string of the molecule is CCC(=O)N1CCC(Cc2cccc(-c3ccc(F)cc3)c2)(C(=O)NC(C)C)C1. The van der Waals surface area contributed by atoms with Crippen molar-refractivity contribution in [1.29, 1.82) is 0 Å². The summed E-state index contributed by atoms with van der Waals surface area (Å²) in [5.74, 6) is -0.170. The van der Waals surface area contributed by atoms with E-state index in [2.05, 4.69) is 11.4 Å². The first-order chi connectivity index (χ1) is 13.8. The molecule has 0 saturated carbocycles. The van der Waals surface area contributed by atoms with Crippen LogP contribution in [0.5, 0.6) is 0 Å². The number of nitrogens with one attached hydrogen (secondary N) is 1. The van der Waals surface area contributed by atoms with E-state index in [1.807, 2.05) is 43.9 Å². The van der Waals surface area contributed by atoms with E-state index in [4.69, 9.17) is 0 Å². The minimum atomic E-state index is -0.628. The van der Waals surface area contributed by atoms with E-state index in [1.165, 1.54) is 12.1 Å². The van der Waals surface area contributed by atoms with Gasteiger partial charge in [-0.25, -0.2) is 4.39 Å². The molecule has 2 amide bonds. The molecule has 0 bridgehead atoms. The minimum Gasteiger partial charge on any atom is -0.353 e. The molecule has 29 heavy (non-hydrogen) atoms. The van der Waals surface area contributed by atoms with Gasteiger partial charge < -0.3 is 10.2 Å². The molecule has 154 valence electrons. The van der Waals surface area contributed by atoms with Crippen molar-refractivity contribution in [2.24, 2.45) is 5.41 Å². The summed E-state index contributed by atoms with van der Waals surface area (Å²) in [6.07, 6.45) is 1.66. The molecule has 2 aromatic rings. The first-order valence-electron chi connectivity index (χ1n) is 10.3. The normalized spacial score (nSPS) is 18.9. The van der Waals surface area contributed by atoms with Crippen molar-refractivity contribution < 1.29 is 14.0 Å². The first-order valence-corrected chi connectivity index (χ1v) is 10.3. The Bertz CT molecular complexity index is 879. The van der Waals surface area contributed by atoms with Crippen LogP contribution in [0.3, 0.4) is 0 Å². The van der Waals surface area contributed by atoms with Crippen molar-refractivity contribution in [2.45, 2.75) is 46.1 Å². The molecule has 1 fully saturated rings. The second kappa shape index (κ2) is 8.76. The number of rotatable bonds is 6. The molecule has 2 aromatic carbocycles. The van der Waals surface area contributed by atoms with Crippen molar-refractivity contribution in [3.05, 3.63) is 59.9 Å². The Morgan fingerprint density at radius 1 is 1.14 bits per heavy atom. The molecule has 0 aromatic heterocycles. The number of benzene rings is 2. The highest BCUT2D eigenvalue weighted by Gasteiger charge is 2.45. The lowest BCUT2D eigenvalue weighted by atomic mass is 9.79. The summed E-state index contributed by atoms with van der Waals surface area (Å²) in [5.41, 5.74) is 2.33. The van der Waals surface area contributed by atoms with Crippen LogP contribution in [0.2, 0.25) is 0 Å². The van der Waals surface area contributed by atoms with Crippen LogP contribution in [-0.4, -0.2) is 35.8 Å². The molecule has 1 atom stereocenters. The van der Waals surface area contributed by atoms with Crippen LogP contribution in [0, 0.1) is 11.2 Å². The third-order valence-corrected chi connectivity index (χ3v) is 5.56. The molecule has 4 nitrogen and oxygen atoms in total. The molecule has 1 aliphatic rings. The molecule has 5 heteroatoms. The molecule has 0 aliphatic carbocycles. The topological polar surface area (TPSA) is 49.4 Å². The van der Waals surface area contributed by atoms with E-state index in [0.29, 0.717) is 32.4 Å². The Morgan fingerprint density at radius 3 is 2.52 bits per heavy atom. The van der Waals surface area contributed by atoms with Gasteiger partial charge in [-0.3, -0.25) is 9.59 Å². The van der Waals surface area contributed by atoms with Gasteiger partial charge in [-0.1, -0.05) is 43.3 Å². The molecule has 1 unspecified atom stereocenters. The van der Waals surface area contributed by atoms with Gasteiger partial charge in [-0.2, -0.15) is 0 Å². The van der Waals surface area contributed by atoms with Crippen LogP contribution in [0.15, 0.2) is 48.5 Å². The third-order valence-electron chi connectivity index (χ3n) is 5.56. The van der Waals surface area contributed by atoms with Crippen molar-refractivity contribution in [3.63, 3.8) is 0 Å². The van der Waals surface area contributed by atoms with Crippen LogP contribution in [0.4, 0.5) is 4.39 Å². The van der Waals surface area contributed by atoms with Crippen molar-refractivity contribution in [2.75, 3.05) is 13.1 Å². The second-order valence-corrected chi connectivity index (χ2v) is 8.21. The van der Waals surface area contributed by atoms with Gasteiger partial charge in [0.1, 0.15) is 5.82 Å². The maximum absolute atomic E-state index is 13.3. The second-order valence-electron chi connectivity index (χ2n) is 8.21. The highest BCUT2D eigenvalue weighted by Crippen LogP contribution is 2.36. The molecule has 0 spiro atoms. The van der Waals surface area contributed by atoms with Gasteiger partial charge in [-0.15, -0.1) is 0 Å². The van der Waals surface area contributed by atoms with Crippen LogP contribution in [0.1, 0.15) is 39.2 Å². The zero-order valence-electron chi connectivity index (χ0n) is 17.4. The van der Waals surface area contributed by atoms with Crippen LogP contribution < -0.4 is 5.32 Å². The van der Waals surface area contributed by atoms with Crippen molar-refractivity contribution >= 4 is 11.8 Å². The van der Waals surface area contributed by atoms with E-state index in [9.17, 15) is 14.0 Å². The Balaban J connectivity index is 1.88. The lowest BCUT2D eigenvalue weighted by Gasteiger charge is -2.29. The van der Waals surface area contributed by atoms with Crippen LogP contribution in [-0.2, 0) is 16.0 Å². The average molecular weight is 397 g/mol. The van der Waals surface area contributed by atoms with E-state index in [-0.39, 0.29) is 23.7 Å². The van der Waals surface area contributed by atoms with Crippen molar-refractivity contribution in [1.82, 2.24) is 10.2 Å². The standard InChI is InChI=1S/C24H29FN2O2/c1-4-22(28)27-13-12-24(16-27,23(29)26-17(2)3)15-18-6-5-7-20(14-18)19-8-10-21(25)11-9-19/h5-11,14,17H,4,12-13,15-16H2,1-3H3,(H,26,29). The first kappa shape index (κ1) is 21.0. The predicted octanol–water partition coefficient (Wildman–Crippen LogP) is 4.19. The number of carbonyl (C=O) groups excluding carboxylic acids is 2. The fraction of sp³-hybridized carbons (Fsp3) is 0.417. The molecule has 1 saturated heterocycles. The number of carbonyl (C=O) groups is 2. The molecular weight excluding hydrogens is 367 g/mol. The summed E-state index contributed by atoms with van der Waals surface area (Å²) in [7, 11) is 0. The Labute approximate surface area is 172 Å². The fourth-order valence-corrected chi connectivity index (χ4v) is 4.03. The Hall–Kier alpha value is -2.69. The Kier molecular flexibility index (Phi) is 6.36. The smallest absolute Gasteiger partial charge is 0.228 e. The highest BCUT2D eigenvalue weighted by molar-refractivity contribution is 5.86. The molecule has 0 radical (unpaired) electrons. The third kappa shape index (κ3) is 4.84. The Morgan fingerprint density at radius 2 is 1.86 bits per heavy atom. The highest BCUT2D eigenvalue weighted by atomic mass is 19.1. The summed E-state index contributed by atoms with van der Waals surface area (Å²) in [5, 5.41) is 3.06. The largest absolute Gasteiger partial charge is 0.353 e. The number of likely N-dealkylation sites (tertiary alicyclic amines) is 1. The van der Waals surface area contributed by atoms with Gasteiger partial charge >= 0.3 is 0 Å². The van der Waals surface area contributed by atoms with Gasteiger partial charge in [0.15, 0.2) is 0 Å². The number of halogens is 1. The summed E-state index contributed by atoms with van der Waals surface area (Å²) in [4.78, 5) is 27.2. The molecule has 1 N–H and O–H groups in total. The summed E-state index contributed by atoms with van der Waals surface area (Å²) in [6, 6.07) is 14.5. The van der Waals surface area contributed by atoms with Crippen LogP contribution in [0.25, 0.3) is 11.1 Å². The monoisotopic (exact) mass is 396 g/mol. The van der Waals surface area contributed by atoms with Gasteiger partial charge in [0, 0.05) is 25.6 Å². The average Bonchev–Trinajstić information content (AvgIpc) is 3.13. The van der Waals surface area contributed by atoms with E-state index < -0.39 is 5.41 Å². The van der Waals surface area contributed by atoms with E-state index in [1.54, 1.807) is 12.1 Å². The fourth-order valence-electron chi connectivity index (χ4n) is 4.03. The zero-order valence-corrected chi connectivity index (χ0v) is 17.4. The number of amides is 2. The maximum Gasteiger partial charge on any atom is 0.228 e. The zero-order chi connectivity index (χ0) is 21.0. The number of hydrogen-bond acceptors (Lipinski definition) is 2. The summed E-state index contributed by atoms with van der Waals surface area (Å²) < 4.78 is 13.3. The predicted molar refractivity (Wildman–Crippen MR) is 113 cm³/mol. The van der Waals surface area contributed by atoms with Gasteiger partial charge in [0.25, 0.3) is 0 Å². The summed E-state index contributed by atoms with van der Waals surface area (Å²) in [6.45, 7) is 6.80. The van der Waals surface area contributed by atoms with Gasteiger partial charge in [-0.05, 0) is 55.5 Å². The number of nitrogens with zero attached hydrogens (tertiary/aromatic N) is 1. The quantitative estimate of drug-likeness (QED) is 0.796. The lowest BCUT2D eigenvalue weighted by Crippen LogP contribution is -2.47. The van der Waals surface area contributed by atoms with E-state index in [0.717, 1.165) is 16.7 Å². The molecular formula is C24H29FN2O2. The number of hydrogen-bond donors (Lipinski definition) is 1. The van der Waals surface area contributed by atoms with Crippen LogP contribution >= 0.6 is 0 Å². The lowest BCUT2D eigenvalue weighted by molar-refractivity contribution is -0.133. The summed E-state index contributed by atoms with van der Waals surface area (Å²) >= 11 is 0. The van der Waals surface area contributed by atoms with Gasteiger partial charge in [0.2, 0.25) is 11.8 Å². The molecule has 1 aliphatic heterocycles.